The van der Waals surface area contributed by atoms with E-state index in [0.29, 0.717) is 18.7 Å². The van der Waals surface area contributed by atoms with Crippen molar-refractivity contribution in [3.63, 3.8) is 0 Å². The van der Waals surface area contributed by atoms with Crippen molar-refractivity contribution in [2.24, 2.45) is 14.1 Å². The molecule has 0 aliphatic rings. The predicted molar refractivity (Wildman–Crippen MR) is 241 cm³/mol. The van der Waals surface area contributed by atoms with Gasteiger partial charge in [-0.25, -0.2) is 9.78 Å². The normalized spacial score (nSPS) is 9.82. The Balaban J connectivity index is 0.000000287. The molecule has 1 radical (unpaired) electrons. The topological polar surface area (TPSA) is 179 Å². The van der Waals surface area contributed by atoms with Crippen molar-refractivity contribution in [2.75, 3.05) is 0 Å². The number of carbonyl (C=O) groups is 1. The summed E-state index contributed by atoms with van der Waals surface area (Å²) in [6.07, 6.45) is 12.4. The Hall–Kier alpha value is -6.54. The predicted octanol–water partition coefficient (Wildman–Crippen LogP) is 7.83. The quantitative estimate of drug-likeness (QED) is 0.107. The number of pyridine rings is 6. The van der Waals surface area contributed by atoms with Gasteiger partial charge in [-0.3, -0.25) is 48.6 Å². The van der Waals surface area contributed by atoms with Crippen molar-refractivity contribution in [3.05, 3.63) is 185 Å². The molecular formula is C45H45Cl2N11O3Ru+. The van der Waals surface area contributed by atoms with E-state index < -0.39 is 11.2 Å². The molecule has 0 aliphatic carbocycles. The van der Waals surface area contributed by atoms with Gasteiger partial charge in [-0.15, -0.1) is 13.2 Å². The molecule has 14 nitrogen and oxygen atoms in total. The Morgan fingerprint density at radius 1 is 0.661 bits per heavy atom. The van der Waals surface area contributed by atoms with E-state index in [0.717, 1.165) is 56.3 Å². The third kappa shape index (κ3) is 14.6. The number of amides is 1. The molecule has 0 bridgehead atoms. The number of nitrogens with zero attached hydrogens (tertiary/aromatic N) is 9. The number of halogens is 2. The van der Waals surface area contributed by atoms with Crippen LogP contribution >= 0.6 is 21.7 Å². The molecular weight excluding hydrogens is 915 g/mol. The van der Waals surface area contributed by atoms with Crippen molar-refractivity contribution in [3.8, 4) is 34.2 Å². The summed E-state index contributed by atoms with van der Waals surface area (Å²) in [5.41, 5.74) is 7.11. The van der Waals surface area contributed by atoms with Crippen LogP contribution < -0.4 is 16.6 Å². The first-order chi connectivity index (χ1) is 29.8. The van der Waals surface area contributed by atoms with E-state index in [9.17, 15) is 14.4 Å². The van der Waals surface area contributed by atoms with Crippen LogP contribution in [0.3, 0.4) is 0 Å². The van der Waals surface area contributed by atoms with E-state index in [-0.39, 0.29) is 43.1 Å². The Bertz CT molecular complexity index is 2540. The maximum absolute atomic E-state index is 12.3. The molecule has 8 aromatic heterocycles. The minimum Gasteiger partial charge on any atom is -0.349 e. The summed E-state index contributed by atoms with van der Waals surface area (Å²) in [7, 11) is 11.2. The molecule has 2 N–H and O–H groups in total. The molecule has 0 aromatic carbocycles. The number of imidazole rings is 1. The van der Waals surface area contributed by atoms with E-state index in [1.807, 2.05) is 104 Å². The minimum atomic E-state index is -0.452. The maximum Gasteiger partial charge on any atom is 1.00 e. The Labute approximate surface area is 381 Å². The fraction of sp³-hybridized carbons (Fsp3) is 0.156. The Morgan fingerprint density at radius 3 is 1.60 bits per heavy atom. The summed E-state index contributed by atoms with van der Waals surface area (Å²) in [6, 6.07) is 31.1. The largest absolute Gasteiger partial charge is 1.00 e. The number of nitrogens with one attached hydrogen (secondary N) is 2. The second-order valence-corrected chi connectivity index (χ2v) is 12.8. The zero-order valence-electron chi connectivity index (χ0n) is 34.3. The van der Waals surface area contributed by atoms with Gasteiger partial charge in [0.25, 0.3) is 5.56 Å². The zero-order chi connectivity index (χ0) is 44.0. The van der Waals surface area contributed by atoms with Crippen LogP contribution in [-0.2, 0) is 51.3 Å². The number of fused-ring (bicyclic) bond motifs is 1. The molecule has 1 amide bonds. The van der Waals surface area contributed by atoms with E-state index in [1.54, 1.807) is 44.2 Å². The van der Waals surface area contributed by atoms with Gasteiger partial charge < -0.3 is 10.3 Å². The fourth-order valence-corrected chi connectivity index (χ4v) is 5.68. The van der Waals surface area contributed by atoms with Crippen molar-refractivity contribution in [1.29, 1.82) is 0 Å². The summed E-state index contributed by atoms with van der Waals surface area (Å²) in [4.78, 5) is 69.3. The molecule has 62 heavy (non-hydrogen) atoms. The summed E-state index contributed by atoms with van der Waals surface area (Å²) in [5, 5.41) is 2.81. The molecule has 0 atom stereocenters. The second-order valence-electron chi connectivity index (χ2n) is 12.8. The third-order valence-electron chi connectivity index (χ3n) is 8.65. The van der Waals surface area contributed by atoms with Crippen LogP contribution in [0.25, 0.3) is 45.3 Å². The van der Waals surface area contributed by atoms with Gasteiger partial charge >= 0.3 is 25.2 Å². The number of aromatic amines is 1. The minimum absolute atomic E-state index is 0. The standard InChI is InChI=1S/C23H25N7O3.2C10H8N2.C2H4.Cl2.Ru/c1-14-7-9-24-16(11-14)17-12-15(8-10-25-17)5-4-6-19(31)26-13-18-27-20-21(28-18)29(2)23(33)30(3)22(20)32;2*1-3-7-11-9(5-1)10-6-2-4-8-12-10;2*1-2;/h7-12H,4-6,13H2,1-3H3,(H,26,31)(H,27,28);2*1-8H;1-2H2;;/q;;;;;+1. The van der Waals surface area contributed by atoms with Gasteiger partial charge in [0.1, 0.15) is 11.3 Å². The fourth-order valence-electron chi connectivity index (χ4n) is 5.68. The van der Waals surface area contributed by atoms with Gasteiger partial charge in [-0.05, 0) is 104 Å². The van der Waals surface area contributed by atoms with Gasteiger partial charge in [0.2, 0.25) is 5.91 Å². The zero-order valence-corrected chi connectivity index (χ0v) is 37.6. The Morgan fingerprint density at radius 2 is 1.13 bits per heavy atom. The molecule has 0 fully saturated rings. The first-order valence-electron chi connectivity index (χ1n) is 18.8. The number of aryl methyl sites for hydroxylation is 3. The molecule has 0 spiro atoms. The van der Waals surface area contributed by atoms with Crippen molar-refractivity contribution < 1.29 is 24.3 Å². The monoisotopic (exact) mass is 959 g/mol. The average molecular weight is 960 g/mol. The summed E-state index contributed by atoms with van der Waals surface area (Å²) in [6.45, 7) is 8.16. The molecule has 0 aliphatic heterocycles. The summed E-state index contributed by atoms with van der Waals surface area (Å²) >= 11 is 0. The molecule has 0 unspecified atom stereocenters. The van der Waals surface area contributed by atoms with Crippen LogP contribution in [0.5, 0.6) is 0 Å². The van der Waals surface area contributed by atoms with Crippen LogP contribution in [-0.4, -0.2) is 54.9 Å². The smallest absolute Gasteiger partial charge is 0.349 e. The van der Waals surface area contributed by atoms with Crippen molar-refractivity contribution >= 4 is 38.8 Å². The second kappa shape index (κ2) is 26.6. The van der Waals surface area contributed by atoms with E-state index in [2.05, 4.69) is 80.1 Å². The van der Waals surface area contributed by atoms with Crippen LogP contribution in [0.15, 0.2) is 157 Å². The molecule has 8 rings (SSSR count). The SMILES string of the molecule is C=C.Cc1ccnc(-c2cc(CCCC(=O)NCc3nc4c([nH]3)c(=O)n(C)c(=O)n4C)ccn2)c1.ClCl.[Ru+].c1ccc(-c2ccccn2)nc1.c1ccc(-c2ccccn2)nc1. The van der Waals surface area contributed by atoms with Crippen LogP contribution in [0.4, 0.5) is 0 Å². The molecule has 0 saturated heterocycles. The third-order valence-corrected chi connectivity index (χ3v) is 8.65. The van der Waals surface area contributed by atoms with Gasteiger partial charge in [-0.1, -0.05) is 24.3 Å². The van der Waals surface area contributed by atoms with Gasteiger partial charge in [0.15, 0.2) is 5.65 Å². The summed E-state index contributed by atoms with van der Waals surface area (Å²) < 4.78 is 2.32. The van der Waals surface area contributed by atoms with Gasteiger partial charge in [0.05, 0.1) is 40.7 Å². The number of hydrogen-bond acceptors (Lipinski definition) is 10. The van der Waals surface area contributed by atoms with Gasteiger partial charge in [0, 0.05) is 79.4 Å². The number of hydrogen-bond donors (Lipinski definition) is 2. The number of carbonyl (C=O) groups excluding carboxylic acids is 1. The number of aromatic nitrogens is 10. The van der Waals surface area contributed by atoms with Crippen molar-refractivity contribution in [2.45, 2.75) is 32.7 Å². The first-order valence-corrected chi connectivity index (χ1v) is 20.0. The van der Waals surface area contributed by atoms with Gasteiger partial charge in [-0.2, -0.15) is 0 Å². The molecule has 8 heterocycles. The molecule has 8 aromatic rings. The maximum atomic E-state index is 12.3. The number of H-pyrrole nitrogens is 1. The van der Waals surface area contributed by atoms with Crippen LogP contribution in [0.1, 0.15) is 29.8 Å². The van der Waals surface area contributed by atoms with E-state index in [4.69, 9.17) is 0 Å². The van der Waals surface area contributed by atoms with E-state index in [1.165, 1.54) is 11.6 Å². The molecule has 319 valence electrons. The van der Waals surface area contributed by atoms with Crippen molar-refractivity contribution in [1.82, 2.24) is 54.3 Å². The number of rotatable bonds is 9. The molecule has 17 heteroatoms. The van der Waals surface area contributed by atoms with Crippen LogP contribution in [0, 0.1) is 6.92 Å². The summed E-state index contributed by atoms with van der Waals surface area (Å²) in [5.74, 6) is 0.299. The van der Waals surface area contributed by atoms with E-state index >= 15 is 0 Å². The molecule has 0 saturated carbocycles. The average Bonchev–Trinajstić information content (AvgIpc) is 3.77. The van der Waals surface area contributed by atoms with Crippen LogP contribution in [0.2, 0.25) is 0 Å². The Kier molecular flexibility index (Phi) is 21.4. The first kappa shape index (κ1) is 49.8.